The maximum absolute atomic E-state index is 11.3. The first kappa shape index (κ1) is 12.3. The van der Waals surface area contributed by atoms with Gasteiger partial charge in [-0.15, -0.1) is 0 Å². The van der Waals surface area contributed by atoms with Crippen LogP contribution in [0.1, 0.15) is 52.9 Å². The van der Waals surface area contributed by atoms with Crippen molar-refractivity contribution >= 4 is 5.97 Å². The predicted octanol–water partition coefficient (Wildman–Crippen LogP) is 3.71. The molecule has 1 spiro atoms. The highest BCUT2D eigenvalue weighted by Gasteiger charge is 2.63. The molecule has 4 atom stereocenters. The number of hydrogen-bond donors (Lipinski definition) is 0. The van der Waals surface area contributed by atoms with Crippen LogP contribution in [0.25, 0.3) is 0 Å². The van der Waals surface area contributed by atoms with E-state index in [0.29, 0.717) is 5.92 Å². The summed E-state index contributed by atoms with van der Waals surface area (Å²) in [6, 6.07) is 0. The lowest BCUT2D eigenvalue weighted by molar-refractivity contribution is -0.153. The molecule has 0 aromatic heterocycles. The minimum atomic E-state index is -0.117. The maximum Gasteiger partial charge on any atom is 0.302 e. The van der Waals surface area contributed by atoms with Crippen LogP contribution in [-0.4, -0.2) is 12.1 Å². The molecule has 0 aliphatic heterocycles. The summed E-state index contributed by atoms with van der Waals surface area (Å²) in [6.07, 6.45) is 6.08. The molecule has 18 heavy (non-hydrogen) atoms. The molecule has 0 saturated heterocycles. The second kappa shape index (κ2) is 3.61. The van der Waals surface area contributed by atoms with E-state index in [4.69, 9.17) is 4.74 Å². The van der Waals surface area contributed by atoms with Crippen LogP contribution in [-0.2, 0) is 9.53 Å². The normalized spacial score (nSPS) is 44.8. The smallest absolute Gasteiger partial charge is 0.302 e. The molecule has 0 N–H and O–H groups in total. The summed E-state index contributed by atoms with van der Waals surface area (Å²) in [5.41, 5.74) is 1.93. The Morgan fingerprint density at radius 1 is 1.33 bits per heavy atom. The molecule has 100 valence electrons. The van der Waals surface area contributed by atoms with Gasteiger partial charge in [-0.1, -0.05) is 26.0 Å². The molecule has 2 bridgehead atoms. The number of fused-ring (bicyclic) bond motifs is 1. The number of esters is 1. The highest BCUT2D eigenvalue weighted by Crippen LogP contribution is 2.68. The summed E-state index contributed by atoms with van der Waals surface area (Å²) < 4.78 is 5.64. The van der Waals surface area contributed by atoms with Gasteiger partial charge in [0.25, 0.3) is 0 Å². The lowest BCUT2D eigenvalue weighted by Crippen LogP contribution is -2.44. The van der Waals surface area contributed by atoms with E-state index in [1.165, 1.54) is 31.8 Å². The van der Waals surface area contributed by atoms with E-state index in [-0.39, 0.29) is 22.9 Å². The number of ether oxygens (including phenoxy) is 1. The van der Waals surface area contributed by atoms with E-state index in [1.54, 1.807) is 0 Å². The van der Waals surface area contributed by atoms with Crippen LogP contribution in [0.15, 0.2) is 12.2 Å². The fourth-order valence-corrected chi connectivity index (χ4v) is 5.06. The molecule has 3 fully saturated rings. The molecule has 3 aliphatic rings. The van der Waals surface area contributed by atoms with Gasteiger partial charge >= 0.3 is 5.97 Å². The third-order valence-electron chi connectivity index (χ3n) is 6.21. The largest absolute Gasteiger partial charge is 0.462 e. The van der Waals surface area contributed by atoms with Crippen molar-refractivity contribution in [1.29, 1.82) is 0 Å². The summed E-state index contributed by atoms with van der Waals surface area (Å²) in [4.78, 5) is 11.3. The van der Waals surface area contributed by atoms with Crippen molar-refractivity contribution in [2.24, 2.45) is 22.7 Å². The number of hydrogen-bond acceptors (Lipinski definition) is 2. The van der Waals surface area contributed by atoms with Gasteiger partial charge in [-0.3, -0.25) is 4.79 Å². The quantitative estimate of drug-likeness (QED) is 0.522. The SMILES string of the molecule is C=C1[C@H]2CC[C@H](OC(C)=O)[C@@]23CC[C@H](C3)C1(C)C. The molecule has 2 heteroatoms. The summed E-state index contributed by atoms with van der Waals surface area (Å²) in [7, 11) is 0. The van der Waals surface area contributed by atoms with Gasteiger partial charge in [-0.05, 0) is 49.4 Å². The Bertz CT molecular complexity index is 409. The van der Waals surface area contributed by atoms with Gasteiger partial charge in [0.1, 0.15) is 6.10 Å². The second-order valence-electron chi connectivity index (χ2n) is 7.15. The standard InChI is InChI=1S/C16H24O2/c1-10-13-5-6-14(18-11(2)17)16(13)8-7-12(9-16)15(10,3)4/h12-14H,1,5-9H2,2-4H3/t12-,13-,14+,16-/m1/s1. The van der Waals surface area contributed by atoms with Crippen LogP contribution in [0.3, 0.4) is 0 Å². The van der Waals surface area contributed by atoms with E-state index in [9.17, 15) is 4.79 Å². The number of carbonyl (C=O) groups excluding carboxylic acids is 1. The lowest BCUT2D eigenvalue weighted by Gasteiger charge is -2.48. The van der Waals surface area contributed by atoms with E-state index >= 15 is 0 Å². The molecule has 3 aliphatic carbocycles. The van der Waals surface area contributed by atoms with Crippen LogP contribution in [0.5, 0.6) is 0 Å². The minimum Gasteiger partial charge on any atom is -0.462 e. The molecular weight excluding hydrogens is 224 g/mol. The molecule has 3 saturated carbocycles. The van der Waals surface area contributed by atoms with Crippen molar-refractivity contribution in [3.05, 3.63) is 12.2 Å². The van der Waals surface area contributed by atoms with Crippen molar-refractivity contribution in [2.45, 2.75) is 59.0 Å². The number of rotatable bonds is 1. The van der Waals surface area contributed by atoms with Crippen molar-refractivity contribution in [3.63, 3.8) is 0 Å². The van der Waals surface area contributed by atoms with E-state index in [2.05, 4.69) is 20.4 Å². The molecule has 2 nitrogen and oxygen atoms in total. The van der Waals surface area contributed by atoms with Crippen molar-refractivity contribution < 1.29 is 9.53 Å². The first-order chi connectivity index (χ1) is 8.38. The monoisotopic (exact) mass is 248 g/mol. The van der Waals surface area contributed by atoms with Gasteiger partial charge in [0, 0.05) is 12.3 Å². The molecule has 0 unspecified atom stereocenters. The summed E-state index contributed by atoms with van der Waals surface area (Å²) in [5, 5.41) is 0. The fourth-order valence-electron chi connectivity index (χ4n) is 5.06. The van der Waals surface area contributed by atoms with Crippen LogP contribution >= 0.6 is 0 Å². The maximum atomic E-state index is 11.3. The Morgan fingerprint density at radius 3 is 2.72 bits per heavy atom. The van der Waals surface area contributed by atoms with E-state index in [0.717, 1.165) is 18.8 Å². The molecular formula is C16H24O2. The molecule has 0 heterocycles. The molecule has 0 aromatic carbocycles. The Kier molecular flexibility index (Phi) is 2.46. The van der Waals surface area contributed by atoms with Crippen molar-refractivity contribution in [2.75, 3.05) is 0 Å². The van der Waals surface area contributed by atoms with Gasteiger partial charge in [0.2, 0.25) is 0 Å². The molecule has 0 radical (unpaired) electrons. The first-order valence-corrected chi connectivity index (χ1v) is 7.24. The molecule has 0 aromatic rings. The van der Waals surface area contributed by atoms with Crippen LogP contribution < -0.4 is 0 Å². The molecule has 0 amide bonds. The van der Waals surface area contributed by atoms with Crippen LogP contribution in [0.2, 0.25) is 0 Å². The summed E-state index contributed by atoms with van der Waals surface area (Å²) >= 11 is 0. The highest BCUT2D eigenvalue weighted by atomic mass is 16.5. The Balaban J connectivity index is 1.95. The van der Waals surface area contributed by atoms with Crippen LogP contribution in [0.4, 0.5) is 0 Å². The molecule has 3 rings (SSSR count). The van der Waals surface area contributed by atoms with Gasteiger partial charge in [0.15, 0.2) is 0 Å². The highest BCUT2D eigenvalue weighted by molar-refractivity contribution is 5.66. The third-order valence-corrected chi connectivity index (χ3v) is 6.21. The third kappa shape index (κ3) is 1.38. The zero-order chi connectivity index (χ0) is 13.1. The van der Waals surface area contributed by atoms with Gasteiger partial charge in [-0.25, -0.2) is 0 Å². The Labute approximate surface area is 110 Å². The predicted molar refractivity (Wildman–Crippen MR) is 71.0 cm³/mol. The first-order valence-electron chi connectivity index (χ1n) is 7.24. The fraction of sp³-hybridized carbons (Fsp3) is 0.812. The lowest BCUT2D eigenvalue weighted by atomic mass is 9.57. The zero-order valence-electron chi connectivity index (χ0n) is 11.8. The van der Waals surface area contributed by atoms with E-state index in [1.807, 2.05) is 0 Å². The van der Waals surface area contributed by atoms with E-state index < -0.39 is 0 Å². The van der Waals surface area contributed by atoms with Gasteiger partial charge < -0.3 is 4.74 Å². The van der Waals surface area contributed by atoms with Crippen molar-refractivity contribution in [1.82, 2.24) is 0 Å². The summed E-state index contributed by atoms with van der Waals surface area (Å²) in [6.45, 7) is 10.7. The average molecular weight is 248 g/mol. The number of carbonyl (C=O) groups is 1. The van der Waals surface area contributed by atoms with Gasteiger partial charge in [0.05, 0.1) is 0 Å². The average Bonchev–Trinajstić information content (AvgIpc) is 2.83. The van der Waals surface area contributed by atoms with Crippen LogP contribution in [0, 0.1) is 22.7 Å². The second-order valence-corrected chi connectivity index (χ2v) is 7.15. The zero-order valence-corrected chi connectivity index (χ0v) is 11.8. The summed E-state index contributed by atoms with van der Waals surface area (Å²) in [5.74, 6) is 1.20. The Morgan fingerprint density at radius 2 is 2.06 bits per heavy atom. The van der Waals surface area contributed by atoms with Crippen molar-refractivity contribution in [3.8, 4) is 0 Å². The number of allylic oxidation sites excluding steroid dienone is 1. The van der Waals surface area contributed by atoms with Gasteiger partial charge in [-0.2, -0.15) is 0 Å². The topological polar surface area (TPSA) is 26.3 Å². The minimum absolute atomic E-state index is 0.117. The Hall–Kier alpha value is -0.790.